The SMILES string of the molecule is Cc1cncc2c1ncn2C. The zero-order valence-corrected chi connectivity index (χ0v) is 6.57. The molecule has 0 atom stereocenters. The van der Waals surface area contributed by atoms with Crippen LogP contribution in [0.2, 0.25) is 0 Å². The molecule has 0 unspecified atom stereocenters. The molecule has 0 aliphatic heterocycles. The predicted molar refractivity (Wildman–Crippen MR) is 43.2 cm³/mol. The molecule has 2 aromatic rings. The fourth-order valence-electron chi connectivity index (χ4n) is 1.18. The van der Waals surface area contributed by atoms with Gasteiger partial charge in [-0.15, -0.1) is 0 Å². The van der Waals surface area contributed by atoms with Gasteiger partial charge in [0, 0.05) is 13.2 Å². The van der Waals surface area contributed by atoms with Crippen LogP contribution in [-0.2, 0) is 7.05 Å². The molecular weight excluding hydrogens is 138 g/mol. The van der Waals surface area contributed by atoms with Crippen LogP contribution in [0.1, 0.15) is 5.56 Å². The van der Waals surface area contributed by atoms with Gasteiger partial charge in [-0.3, -0.25) is 4.98 Å². The fourth-order valence-corrected chi connectivity index (χ4v) is 1.18. The molecule has 0 spiro atoms. The molecule has 0 aliphatic rings. The van der Waals surface area contributed by atoms with E-state index in [0.29, 0.717) is 0 Å². The van der Waals surface area contributed by atoms with Gasteiger partial charge in [-0.25, -0.2) is 4.98 Å². The molecule has 0 fully saturated rings. The van der Waals surface area contributed by atoms with Gasteiger partial charge in [0.15, 0.2) is 0 Å². The van der Waals surface area contributed by atoms with E-state index in [1.807, 2.05) is 30.9 Å². The van der Waals surface area contributed by atoms with Crippen molar-refractivity contribution in [1.82, 2.24) is 14.5 Å². The monoisotopic (exact) mass is 147 g/mol. The van der Waals surface area contributed by atoms with Crippen LogP contribution in [0.4, 0.5) is 0 Å². The highest BCUT2D eigenvalue weighted by molar-refractivity contribution is 5.77. The highest BCUT2D eigenvalue weighted by atomic mass is 15.0. The first-order valence-corrected chi connectivity index (χ1v) is 3.50. The lowest BCUT2D eigenvalue weighted by Gasteiger charge is -1.94. The molecule has 3 heteroatoms. The number of rotatable bonds is 0. The molecular formula is C8H9N3. The number of aryl methyl sites for hydroxylation is 2. The van der Waals surface area contributed by atoms with Crippen molar-refractivity contribution < 1.29 is 0 Å². The van der Waals surface area contributed by atoms with Gasteiger partial charge in [-0.1, -0.05) is 0 Å². The van der Waals surface area contributed by atoms with Crippen LogP contribution in [0.3, 0.4) is 0 Å². The summed E-state index contributed by atoms with van der Waals surface area (Å²) in [4.78, 5) is 8.33. The molecule has 2 aromatic heterocycles. The summed E-state index contributed by atoms with van der Waals surface area (Å²) in [6.07, 6.45) is 5.46. The average Bonchev–Trinajstić information content (AvgIpc) is 2.35. The first-order valence-electron chi connectivity index (χ1n) is 3.50. The van der Waals surface area contributed by atoms with Crippen LogP contribution in [0.15, 0.2) is 18.7 Å². The second-order valence-electron chi connectivity index (χ2n) is 2.68. The Labute approximate surface area is 64.7 Å². The number of hydrogen-bond acceptors (Lipinski definition) is 2. The van der Waals surface area contributed by atoms with Gasteiger partial charge in [-0.05, 0) is 12.5 Å². The van der Waals surface area contributed by atoms with Crippen LogP contribution < -0.4 is 0 Å². The molecule has 0 saturated carbocycles. The lowest BCUT2D eigenvalue weighted by atomic mass is 10.3. The quantitative estimate of drug-likeness (QED) is 0.562. The number of nitrogens with zero attached hydrogens (tertiary/aromatic N) is 3. The highest BCUT2D eigenvalue weighted by Crippen LogP contribution is 2.12. The number of imidazole rings is 1. The molecule has 0 N–H and O–H groups in total. The Kier molecular flexibility index (Phi) is 1.18. The highest BCUT2D eigenvalue weighted by Gasteiger charge is 2.00. The smallest absolute Gasteiger partial charge is 0.0956 e. The van der Waals surface area contributed by atoms with Crippen molar-refractivity contribution in [3.8, 4) is 0 Å². The van der Waals surface area contributed by atoms with E-state index < -0.39 is 0 Å². The molecule has 3 nitrogen and oxygen atoms in total. The van der Waals surface area contributed by atoms with Crippen molar-refractivity contribution in [2.45, 2.75) is 6.92 Å². The number of hydrogen-bond donors (Lipinski definition) is 0. The third-order valence-corrected chi connectivity index (χ3v) is 1.82. The zero-order valence-electron chi connectivity index (χ0n) is 6.57. The number of fused-ring (bicyclic) bond motifs is 1. The number of pyridine rings is 1. The van der Waals surface area contributed by atoms with E-state index >= 15 is 0 Å². The zero-order chi connectivity index (χ0) is 7.84. The maximum atomic E-state index is 4.24. The second kappa shape index (κ2) is 2.05. The van der Waals surface area contributed by atoms with Crippen LogP contribution in [0, 0.1) is 6.92 Å². The Morgan fingerprint density at radius 1 is 1.36 bits per heavy atom. The molecule has 0 aromatic carbocycles. The Morgan fingerprint density at radius 2 is 2.18 bits per heavy atom. The van der Waals surface area contributed by atoms with Crippen molar-refractivity contribution in [2.75, 3.05) is 0 Å². The van der Waals surface area contributed by atoms with Crippen molar-refractivity contribution in [2.24, 2.45) is 7.05 Å². The maximum absolute atomic E-state index is 4.24. The summed E-state index contributed by atoms with van der Waals surface area (Å²) in [6.45, 7) is 2.02. The molecule has 0 bridgehead atoms. The summed E-state index contributed by atoms with van der Waals surface area (Å²) in [5.74, 6) is 0. The van der Waals surface area contributed by atoms with E-state index in [0.717, 1.165) is 16.6 Å². The lowest BCUT2D eigenvalue weighted by Crippen LogP contribution is -1.85. The average molecular weight is 147 g/mol. The standard InChI is InChI=1S/C8H9N3/c1-6-3-9-4-7-8(6)10-5-11(7)2/h3-5H,1-2H3. The Hall–Kier alpha value is -1.38. The van der Waals surface area contributed by atoms with Crippen LogP contribution in [0.5, 0.6) is 0 Å². The largest absolute Gasteiger partial charge is 0.332 e. The summed E-state index contributed by atoms with van der Waals surface area (Å²) >= 11 is 0. The predicted octanol–water partition coefficient (Wildman–Crippen LogP) is 1.28. The molecule has 2 rings (SSSR count). The normalized spacial score (nSPS) is 10.7. The molecule has 11 heavy (non-hydrogen) atoms. The van der Waals surface area contributed by atoms with Crippen molar-refractivity contribution in [3.05, 3.63) is 24.3 Å². The molecule has 56 valence electrons. The van der Waals surface area contributed by atoms with E-state index in [9.17, 15) is 0 Å². The van der Waals surface area contributed by atoms with Crippen molar-refractivity contribution in [3.63, 3.8) is 0 Å². The van der Waals surface area contributed by atoms with Gasteiger partial charge in [0.2, 0.25) is 0 Å². The Morgan fingerprint density at radius 3 is 2.91 bits per heavy atom. The summed E-state index contributed by atoms with van der Waals surface area (Å²) in [7, 11) is 1.97. The summed E-state index contributed by atoms with van der Waals surface area (Å²) < 4.78 is 1.97. The van der Waals surface area contributed by atoms with Crippen LogP contribution >= 0.6 is 0 Å². The molecule has 0 radical (unpaired) electrons. The second-order valence-corrected chi connectivity index (χ2v) is 2.68. The molecule has 0 saturated heterocycles. The first-order chi connectivity index (χ1) is 5.29. The molecule has 0 amide bonds. The van der Waals surface area contributed by atoms with Gasteiger partial charge in [-0.2, -0.15) is 0 Å². The first kappa shape index (κ1) is 6.34. The van der Waals surface area contributed by atoms with Crippen molar-refractivity contribution >= 4 is 11.0 Å². The van der Waals surface area contributed by atoms with E-state index in [-0.39, 0.29) is 0 Å². The minimum atomic E-state index is 1.04. The Bertz CT molecular complexity index is 389. The van der Waals surface area contributed by atoms with Gasteiger partial charge >= 0.3 is 0 Å². The van der Waals surface area contributed by atoms with E-state index in [2.05, 4.69) is 9.97 Å². The van der Waals surface area contributed by atoms with Crippen LogP contribution in [-0.4, -0.2) is 14.5 Å². The minimum Gasteiger partial charge on any atom is -0.332 e. The van der Waals surface area contributed by atoms with E-state index in [4.69, 9.17) is 0 Å². The van der Waals surface area contributed by atoms with Crippen LogP contribution in [0.25, 0.3) is 11.0 Å². The van der Waals surface area contributed by atoms with E-state index in [1.165, 1.54) is 0 Å². The maximum Gasteiger partial charge on any atom is 0.0956 e. The Balaban J connectivity index is 2.94. The third kappa shape index (κ3) is 0.808. The topological polar surface area (TPSA) is 30.7 Å². The van der Waals surface area contributed by atoms with E-state index in [1.54, 1.807) is 6.33 Å². The minimum absolute atomic E-state index is 1.04. The summed E-state index contributed by atoms with van der Waals surface area (Å²) in [5.41, 5.74) is 3.26. The van der Waals surface area contributed by atoms with Gasteiger partial charge < -0.3 is 4.57 Å². The van der Waals surface area contributed by atoms with Gasteiger partial charge in [0.05, 0.1) is 23.6 Å². The van der Waals surface area contributed by atoms with Crippen molar-refractivity contribution in [1.29, 1.82) is 0 Å². The van der Waals surface area contributed by atoms with Gasteiger partial charge in [0.25, 0.3) is 0 Å². The summed E-state index contributed by atoms with van der Waals surface area (Å²) in [6, 6.07) is 0. The lowest BCUT2D eigenvalue weighted by molar-refractivity contribution is 0.945. The molecule has 2 heterocycles. The third-order valence-electron chi connectivity index (χ3n) is 1.82. The summed E-state index contributed by atoms with van der Waals surface area (Å²) in [5, 5.41) is 0. The van der Waals surface area contributed by atoms with Gasteiger partial charge in [0.1, 0.15) is 0 Å². The number of aromatic nitrogens is 3. The molecule has 0 aliphatic carbocycles. The fraction of sp³-hybridized carbons (Fsp3) is 0.250.